The smallest absolute Gasteiger partial charge is 0.0469 e. The Morgan fingerprint density at radius 2 is 1.90 bits per heavy atom. The van der Waals surface area contributed by atoms with Gasteiger partial charge in [-0.1, -0.05) is 0 Å². The van der Waals surface area contributed by atoms with Crippen molar-refractivity contribution in [3.05, 3.63) is 0 Å². The van der Waals surface area contributed by atoms with Crippen LogP contribution in [0.1, 0.15) is 19.8 Å². The van der Waals surface area contributed by atoms with E-state index in [1.165, 1.54) is 0 Å². The first-order valence-corrected chi connectivity index (χ1v) is 3.64. The zero-order valence-electron chi connectivity index (χ0n) is 6.38. The molecule has 0 aromatic rings. The zero-order valence-corrected chi connectivity index (χ0v) is 7.19. The molecule has 0 bridgehead atoms. The number of halogens is 1. The van der Waals surface area contributed by atoms with Crippen LogP contribution < -0.4 is 5.73 Å². The monoisotopic (exact) mass is 165 g/mol. The van der Waals surface area contributed by atoms with Gasteiger partial charge in [0.25, 0.3) is 0 Å². The van der Waals surface area contributed by atoms with E-state index in [9.17, 15) is 0 Å². The Labute approximate surface area is 68.5 Å². The van der Waals surface area contributed by atoms with Crippen LogP contribution in [-0.2, 0) is 4.74 Å². The Morgan fingerprint density at radius 1 is 1.40 bits per heavy atom. The van der Waals surface area contributed by atoms with Crippen LogP contribution in [0.3, 0.4) is 0 Å². The normalized spacial score (nSPS) is 23.4. The molecular formula is C7H16ClNO. The van der Waals surface area contributed by atoms with Crippen LogP contribution in [0.2, 0.25) is 0 Å². The number of ether oxygens (including phenoxy) is 1. The van der Waals surface area contributed by atoms with Gasteiger partial charge in [0, 0.05) is 19.3 Å². The molecule has 1 saturated heterocycles. The Balaban J connectivity index is 0.000000810. The third-order valence-electron chi connectivity index (χ3n) is 2.01. The summed E-state index contributed by atoms with van der Waals surface area (Å²) in [4.78, 5) is 0. The molecule has 3 heteroatoms. The molecule has 1 heterocycles. The summed E-state index contributed by atoms with van der Waals surface area (Å²) in [6, 6.07) is 0.355. The first-order chi connectivity index (χ1) is 4.30. The Bertz CT molecular complexity index is 81.7. The molecule has 0 saturated carbocycles. The summed E-state index contributed by atoms with van der Waals surface area (Å²) in [5.41, 5.74) is 5.71. The summed E-state index contributed by atoms with van der Waals surface area (Å²) >= 11 is 0. The number of nitrogens with two attached hydrogens (primary N) is 1. The van der Waals surface area contributed by atoms with E-state index in [1.54, 1.807) is 0 Å². The fourth-order valence-corrected chi connectivity index (χ4v) is 1.24. The summed E-state index contributed by atoms with van der Waals surface area (Å²) in [5.74, 6) is 0.707. The maximum absolute atomic E-state index is 5.71. The minimum Gasteiger partial charge on any atom is -0.381 e. The molecule has 1 aliphatic heterocycles. The topological polar surface area (TPSA) is 35.2 Å². The molecule has 1 fully saturated rings. The molecule has 1 unspecified atom stereocenters. The third-order valence-corrected chi connectivity index (χ3v) is 2.01. The van der Waals surface area contributed by atoms with E-state index in [0.717, 1.165) is 26.1 Å². The molecule has 10 heavy (non-hydrogen) atoms. The van der Waals surface area contributed by atoms with Crippen LogP contribution in [0, 0.1) is 5.92 Å². The van der Waals surface area contributed by atoms with Gasteiger partial charge in [0.1, 0.15) is 0 Å². The SMILES string of the molecule is CC(N)C1CCOCC1.Cl. The molecule has 62 valence electrons. The van der Waals surface area contributed by atoms with E-state index in [2.05, 4.69) is 6.92 Å². The second kappa shape index (κ2) is 4.94. The van der Waals surface area contributed by atoms with Crippen molar-refractivity contribution in [3.8, 4) is 0 Å². The lowest BCUT2D eigenvalue weighted by Gasteiger charge is -2.24. The second-order valence-corrected chi connectivity index (χ2v) is 2.81. The Kier molecular flexibility index (Phi) is 5.04. The van der Waals surface area contributed by atoms with E-state index in [-0.39, 0.29) is 12.4 Å². The van der Waals surface area contributed by atoms with Gasteiger partial charge in [-0.15, -0.1) is 12.4 Å². The first-order valence-electron chi connectivity index (χ1n) is 3.64. The predicted molar refractivity (Wildman–Crippen MR) is 44.4 cm³/mol. The lowest BCUT2D eigenvalue weighted by Crippen LogP contribution is -2.31. The van der Waals surface area contributed by atoms with Crippen molar-refractivity contribution in [1.82, 2.24) is 0 Å². The number of rotatable bonds is 1. The maximum atomic E-state index is 5.71. The van der Waals surface area contributed by atoms with Gasteiger partial charge in [0.2, 0.25) is 0 Å². The molecule has 0 aromatic carbocycles. The summed E-state index contributed by atoms with van der Waals surface area (Å²) in [6.45, 7) is 3.90. The van der Waals surface area contributed by atoms with Crippen molar-refractivity contribution >= 4 is 12.4 Å². The molecule has 1 rings (SSSR count). The first kappa shape index (κ1) is 10.2. The fraction of sp³-hybridized carbons (Fsp3) is 1.00. The van der Waals surface area contributed by atoms with E-state index in [0.29, 0.717) is 12.0 Å². The lowest BCUT2D eigenvalue weighted by atomic mass is 9.94. The molecule has 0 radical (unpaired) electrons. The second-order valence-electron chi connectivity index (χ2n) is 2.81. The van der Waals surface area contributed by atoms with Gasteiger partial charge in [0.05, 0.1) is 0 Å². The van der Waals surface area contributed by atoms with Crippen molar-refractivity contribution in [2.45, 2.75) is 25.8 Å². The van der Waals surface area contributed by atoms with Crippen molar-refractivity contribution in [2.24, 2.45) is 11.7 Å². The lowest BCUT2D eigenvalue weighted by molar-refractivity contribution is 0.0603. The summed E-state index contributed by atoms with van der Waals surface area (Å²) in [5, 5.41) is 0. The number of hydrogen-bond donors (Lipinski definition) is 1. The van der Waals surface area contributed by atoms with E-state index < -0.39 is 0 Å². The van der Waals surface area contributed by atoms with Gasteiger partial charge in [-0.05, 0) is 25.7 Å². The van der Waals surface area contributed by atoms with Crippen LogP contribution in [0.4, 0.5) is 0 Å². The molecule has 0 spiro atoms. The van der Waals surface area contributed by atoms with E-state index in [1.807, 2.05) is 0 Å². The standard InChI is InChI=1S/C7H15NO.ClH/c1-6(8)7-2-4-9-5-3-7;/h6-7H,2-5,8H2,1H3;1H. The molecular weight excluding hydrogens is 150 g/mol. The minimum absolute atomic E-state index is 0. The van der Waals surface area contributed by atoms with E-state index in [4.69, 9.17) is 10.5 Å². The molecule has 0 amide bonds. The van der Waals surface area contributed by atoms with Crippen LogP contribution in [-0.4, -0.2) is 19.3 Å². The quantitative estimate of drug-likeness (QED) is 0.634. The zero-order chi connectivity index (χ0) is 6.69. The fourth-order valence-electron chi connectivity index (χ4n) is 1.24. The van der Waals surface area contributed by atoms with Crippen LogP contribution in [0.5, 0.6) is 0 Å². The number of hydrogen-bond acceptors (Lipinski definition) is 2. The highest BCUT2D eigenvalue weighted by Crippen LogP contribution is 2.16. The summed E-state index contributed by atoms with van der Waals surface area (Å²) < 4.78 is 5.19. The highest BCUT2D eigenvalue weighted by molar-refractivity contribution is 5.85. The predicted octanol–water partition coefficient (Wildman–Crippen LogP) is 1.18. The third kappa shape index (κ3) is 2.86. The van der Waals surface area contributed by atoms with Crippen molar-refractivity contribution < 1.29 is 4.74 Å². The molecule has 1 atom stereocenters. The largest absolute Gasteiger partial charge is 0.381 e. The molecule has 2 N–H and O–H groups in total. The van der Waals surface area contributed by atoms with Crippen LogP contribution >= 0.6 is 12.4 Å². The minimum atomic E-state index is 0. The Morgan fingerprint density at radius 3 is 2.20 bits per heavy atom. The van der Waals surface area contributed by atoms with Gasteiger partial charge in [-0.3, -0.25) is 0 Å². The van der Waals surface area contributed by atoms with Gasteiger partial charge in [0.15, 0.2) is 0 Å². The van der Waals surface area contributed by atoms with Gasteiger partial charge >= 0.3 is 0 Å². The maximum Gasteiger partial charge on any atom is 0.0469 e. The molecule has 1 aliphatic rings. The molecule has 2 nitrogen and oxygen atoms in total. The average molecular weight is 166 g/mol. The van der Waals surface area contributed by atoms with Gasteiger partial charge in [-0.25, -0.2) is 0 Å². The summed E-state index contributed by atoms with van der Waals surface area (Å²) in [6.07, 6.45) is 2.30. The van der Waals surface area contributed by atoms with Crippen LogP contribution in [0.25, 0.3) is 0 Å². The van der Waals surface area contributed by atoms with E-state index >= 15 is 0 Å². The van der Waals surface area contributed by atoms with Gasteiger partial charge < -0.3 is 10.5 Å². The van der Waals surface area contributed by atoms with Crippen LogP contribution in [0.15, 0.2) is 0 Å². The van der Waals surface area contributed by atoms with Gasteiger partial charge in [-0.2, -0.15) is 0 Å². The highest BCUT2D eigenvalue weighted by atomic mass is 35.5. The van der Waals surface area contributed by atoms with Crippen molar-refractivity contribution in [1.29, 1.82) is 0 Å². The van der Waals surface area contributed by atoms with Crippen molar-refractivity contribution in [3.63, 3.8) is 0 Å². The average Bonchev–Trinajstić information content (AvgIpc) is 1.90. The molecule has 0 aliphatic carbocycles. The van der Waals surface area contributed by atoms with Crippen molar-refractivity contribution in [2.75, 3.05) is 13.2 Å². The molecule has 0 aromatic heterocycles. The highest BCUT2D eigenvalue weighted by Gasteiger charge is 2.16. The summed E-state index contributed by atoms with van der Waals surface area (Å²) in [7, 11) is 0. The Hall–Kier alpha value is 0.210.